The minimum atomic E-state index is 0.931. The van der Waals surface area contributed by atoms with Gasteiger partial charge in [0.05, 0.1) is 10.6 Å². The van der Waals surface area contributed by atoms with E-state index in [4.69, 9.17) is 0 Å². The van der Waals surface area contributed by atoms with Crippen LogP contribution in [0.15, 0.2) is 35.8 Å². The van der Waals surface area contributed by atoms with E-state index in [1.807, 2.05) is 13.2 Å². The Morgan fingerprint density at radius 3 is 2.89 bits per heavy atom. The Labute approximate surface area is 120 Å². The van der Waals surface area contributed by atoms with Gasteiger partial charge in [0.2, 0.25) is 0 Å². The summed E-state index contributed by atoms with van der Waals surface area (Å²) < 4.78 is 0. The van der Waals surface area contributed by atoms with Gasteiger partial charge < -0.3 is 5.32 Å². The molecule has 2 aromatic heterocycles. The molecule has 0 saturated heterocycles. The van der Waals surface area contributed by atoms with Crippen molar-refractivity contribution in [3.05, 3.63) is 41.4 Å². The third kappa shape index (κ3) is 2.52. The molecule has 1 N–H and O–H groups in total. The van der Waals surface area contributed by atoms with Crippen LogP contribution in [-0.2, 0) is 0 Å². The third-order valence-electron chi connectivity index (χ3n) is 2.74. The van der Waals surface area contributed by atoms with Crippen LogP contribution >= 0.6 is 22.7 Å². The summed E-state index contributed by atoms with van der Waals surface area (Å²) in [5.41, 5.74) is 3.41. The molecule has 0 aliphatic carbocycles. The van der Waals surface area contributed by atoms with Gasteiger partial charge in [-0.3, -0.25) is 0 Å². The Bertz CT molecular complexity index is 700. The van der Waals surface area contributed by atoms with Crippen LogP contribution in [0.1, 0.15) is 5.56 Å². The summed E-state index contributed by atoms with van der Waals surface area (Å²) >= 11 is 3.29. The van der Waals surface area contributed by atoms with Gasteiger partial charge in [-0.15, -0.1) is 22.7 Å². The molecule has 0 aliphatic rings. The number of rotatable bonds is 3. The predicted octanol–water partition coefficient (Wildman–Crippen LogP) is 4.28. The fourth-order valence-corrected chi connectivity index (χ4v) is 3.43. The highest BCUT2D eigenvalue weighted by Crippen LogP contribution is 2.33. The van der Waals surface area contributed by atoms with E-state index in [0.717, 1.165) is 20.7 Å². The number of thiazole rings is 2. The summed E-state index contributed by atoms with van der Waals surface area (Å²) in [5.74, 6) is 0. The van der Waals surface area contributed by atoms with Crippen molar-refractivity contribution in [2.45, 2.75) is 6.92 Å². The summed E-state index contributed by atoms with van der Waals surface area (Å²) in [6.45, 7) is 2.09. The second-order valence-electron chi connectivity index (χ2n) is 4.19. The second kappa shape index (κ2) is 5.11. The lowest BCUT2D eigenvalue weighted by Crippen LogP contribution is -1.84. The van der Waals surface area contributed by atoms with Crippen LogP contribution in [0.2, 0.25) is 0 Å². The molecule has 19 heavy (non-hydrogen) atoms. The van der Waals surface area contributed by atoms with Crippen LogP contribution in [-0.4, -0.2) is 17.0 Å². The van der Waals surface area contributed by atoms with Crippen molar-refractivity contribution in [3.8, 4) is 21.1 Å². The van der Waals surface area contributed by atoms with Crippen molar-refractivity contribution < 1.29 is 0 Å². The van der Waals surface area contributed by atoms with E-state index in [-0.39, 0.29) is 0 Å². The molecule has 0 radical (unpaired) electrons. The lowest BCUT2D eigenvalue weighted by atomic mass is 10.1. The Morgan fingerprint density at radius 1 is 1.26 bits per heavy atom. The van der Waals surface area contributed by atoms with E-state index < -0.39 is 0 Å². The monoisotopic (exact) mass is 287 g/mol. The molecule has 3 nitrogen and oxygen atoms in total. The number of nitrogens with one attached hydrogen (secondary N) is 1. The van der Waals surface area contributed by atoms with E-state index in [1.165, 1.54) is 11.1 Å². The molecule has 0 unspecified atom stereocenters. The first kappa shape index (κ1) is 12.3. The van der Waals surface area contributed by atoms with Gasteiger partial charge in [-0.05, 0) is 13.0 Å². The zero-order chi connectivity index (χ0) is 13.2. The molecule has 3 aromatic rings. The van der Waals surface area contributed by atoms with Crippen molar-refractivity contribution in [3.63, 3.8) is 0 Å². The minimum Gasteiger partial charge on any atom is -0.365 e. The molecule has 0 fully saturated rings. The number of nitrogens with zero attached hydrogens (tertiary/aromatic N) is 2. The lowest BCUT2D eigenvalue weighted by Gasteiger charge is -1.96. The quantitative estimate of drug-likeness (QED) is 0.781. The van der Waals surface area contributed by atoms with Crippen LogP contribution < -0.4 is 5.32 Å². The van der Waals surface area contributed by atoms with Crippen LogP contribution in [0.3, 0.4) is 0 Å². The van der Waals surface area contributed by atoms with Gasteiger partial charge in [-0.25, -0.2) is 9.97 Å². The molecule has 5 heteroatoms. The molecular formula is C14H13N3S2. The number of benzene rings is 1. The van der Waals surface area contributed by atoms with E-state index in [1.54, 1.807) is 22.7 Å². The van der Waals surface area contributed by atoms with Gasteiger partial charge in [0.25, 0.3) is 0 Å². The summed E-state index contributed by atoms with van der Waals surface area (Å²) in [6.07, 6.45) is 1.90. The average Bonchev–Trinajstić information content (AvgIpc) is 3.07. The maximum atomic E-state index is 4.50. The van der Waals surface area contributed by atoms with Gasteiger partial charge in [-0.2, -0.15) is 0 Å². The second-order valence-corrected chi connectivity index (χ2v) is 6.08. The van der Waals surface area contributed by atoms with Crippen molar-refractivity contribution >= 4 is 27.8 Å². The smallest absolute Gasteiger partial charge is 0.182 e. The molecule has 0 amide bonds. The number of hydrogen-bond donors (Lipinski definition) is 1. The van der Waals surface area contributed by atoms with Crippen molar-refractivity contribution in [2.24, 2.45) is 0 Å². The van der Waals surface area contributed by atoms with Crippen molar-refractivity contribution in [1.82, 2.24) is 9.97 Å². The Kier molecular flexibility index (Phi) is 3.31. The van der Waals surface area contributed by atoms with Crippen LogP contribution in [0, 0.1) is 6.92 Å². The largest absolute Gasteiger partial charge is 0.365 e. The predicted molar refractivity (Wildman–Crippen MR) is 82.9 cm³/mol. The van der Waals surface area contributed by atoms with Crippen LogP contribution in [0.4, 0.5) is 5.13 Å². The van der Waals surface area contributed by atoms with Gasteiger partial charge in [-0.1, -0.05) is 23.8 Å². The molecule has 0 saturated carbocycles. The van der Waals surface area contributed by atoms with E-state index in [9.17, 15) is 0 Å². The maximum Gasteiger partial charge on any atom is 0.182 e. The number of anilines is 1. The summed E-state index contributed by atoms with van der Waals surface area (Å²) in [7, 11) is 1.88. The average molecular weight is 287 g/mol. The number of aromatic nitrogens is 2. The summed E-state index contributed by atoms with van der Waals surface area (Å²) in [5, 5.41) is 7.08. The zero-order valence-electron chi connectivity index (χ0n) is 10.7. The van der Waals surface area contributed by atoms with Gasteiger partial charge in [0.1, 0.15) is 5.01 Å². The number of aryl methyl sites for hydroxylation is 1. The highest BCUT2D eigenvalue weighted by atomic mass is 32.1. The van der Waals surface area contributed by atoms with Crippen molar-refractivity contribution in [1.29, 1.82) is 0 Å². The molecule has 1 aromatic carbocycles. The Balaban J connectivity index is 1.95. The lowest BCUT2D eigenvalue weighted by molar-refractivity contribution is 1.35. The first-order valence-electron chi connectivity index (χ1n) is 5.93. The molecule has 0 bridgehead atoms. The molecule has 96 valence electrons. The van der Waals surface area contributed by atoms with Crippen LogP contribution in [0.25, 0.3) is 21.1 Å². The first-order valence-corrected chi connectivity index (χ1v) is 7.62. The fourth-order valence-electron chi connectivity index (χ4n) is 1.81. The minimum absolute atomic E-state index is 0.931. The molecule has 3 rings (SSSR count). The van der Waals surface area contributed by atoms with Gasteiger partial charge in [0, 0.05) is 24.2 Å². The van der Waals surface area contributed by atoms with E-state index in [2.05, 4.69) is 51.9 Å². The van der Waals surface area contributed by atoms with Crippen LogP contribution in [0.5, 0.6) is 0 Å². The first-order chi connectivity index (χ1) is 9.26. The topological polar surface area (TPSA) is 37.8 Å². The Morgan fingerprint density at radius 2 is 2.16 bits per heavy atom. The molecular weight excluding hydrogens is 274 g/mol. The Hall–Kier alpha value is -1.72. The normalized spacial score (nSPS) is 10.6. The van der Waals surface area contributed by atoms with Gasteiger partial charge >= 0.3 is 0 Å². The molecule has 0 atom stereocenters. The van der Waals surface area contributed by atoms with Gasteiger partial charge in [0.15, 0.2) is 5.13 Å². The molecule has 0 spiro atoms. The molecule has 2 heterocycles. The van der Waals surface area contributed by atoms with E-state index in [0.29, 0.717) is 0 Å². The summed E-state index contributed by atoms with van der Waals surface area (Å²) in [6, 6.07) is 8.41. The SMILES string of the molecule is CNc1nc(-c2cnc(-c3cccc(C)c3)s2)cs1. The van der Waals surface area contributed by atoms with E-state index >= 15 is 0 Å². The fraction of sp³-hybridized carbons (Fsp3) is 0.143. The van der Waals surface area contributed by atoms with Crippen molar-refractivity contribution in [2.75, 3.05) is 12.4 Å². The molecule has 0 aliphatic heterocycles. The highest BCUT2D eigenvalue weighted by Gasteiger charge is 2.09. The number of hydrogen-bond acceptors (Lipinski definition) is 5. The third-order valence-corrected chi connectivity index (χ3v) is 4.67. The maximum absolute atomic E-state index is 4.50. The standard InChI is InChI=1S/C14H13N3S2/c1-9-4-3-5-10(6-9)13-16-7-12(19-13)11-8-18-14(15-2)17-11/h3-8H,1-2H3,(H,15,17). The highest BCUT2D eigenvalue weighted by molar-refractivity contribution is 7.19. The summed E-state index contributed by atoms with van der Waals surface area (Å²) in [4.78, 5) is 10.1. The zero-order valence-corrected chi connectivity index (χ0v) is 12.3.